The summed E-state index contributed by atoms with van der Waals surface area (Å²) >= 11 is 0. The van der Waals surface area contributed by atoms with Crippen molar-refractivity contribution in [3.8, 4) is 0 Å². The topological polar surface area (TPSA) is 324 Å². The molecule has 22 heteroatoms. The Morgan fingerprint density at radius 3 is 2.41 bits per heavy atom. The molecule has 2 aliphatic rings. The van der Waals surface area contributed by atoms with Gasteiger partial charge in [0, 0.05) is 54.5 Å². The molecule has 2 saturated heterocycles. The highest BCUT2D eigenvalue weighted by molar-refractivity contribution is 8.76. The van der Waals surface area contributed by atoms with Crippen LogP contribution in [0.2, 0.25) is 0 Å². The molecule has 2 fully saturated rings. The van der Waals surface area contributed by atoms with Gasteiger partial charge in [0.15, 0.2) is 5.96 Å². The molecule has 20 nitrogen and oxygen atoms in total. The van der Waals surface area contributed by atoms with Crippen molar-refractivity contribution in [3.05, 3.63) is 36.0 Å². The summed E-state index contributed by atoms with van der Waals surface area (Å²) in [6.07, 6.45) is 1.77. The van der Waals surface area contributed by atoms with Gasteiger partial charge in [0.1, 0.15) is 30.2 Å². The average molecular weight is 818 g/mol. The third kappa shape index (κ3) is 12.8. The Kier molecular flexibility index (Phi) is 16.2. The number of benzene rings is 1. The number of rotatable bonds is 9. The van der Waals surface area contributed by atoms with E-state index in [1.165, 1.54) is 26.5 Å². The number of aromatic nitrogens is 1. The predicted molar refractivity (Wildman–Crippen MR) is 208 cm³/mol. The molecule has 1 aromatic heterocycles. The molecule has 4 rings (SSSR count). The van der Waals surface area contributed by atoms with Gasteiger partial charge in [-0.25, -0.2) is 0 Å². The van der Waals surface area contributed by atoms with Gasteiger partial charge >= 0.3 is 5.97 Å². The monoisotopic (exact) mass is 817 g/mol. The number of nitrogens with two attached hydrogens (primary N) is 2. The summed E-state index contributed by atoms with van der Waals surface area (Å²) in [5, 5.41) is 32.9. The second-order valence-corrected chi connectivity index (χ2v) is 15.8. The Balaban J connectivity index is 1.62. The zero-order valence-electron chi connectivity index (χ0n) is 30.4. The van der Waals surface area contributed by atoms with Crippen LogP contribution in [0.1, 0.15) is 44.1 Å². The Morgan fingerprint density at radius 1 is 0.929 bits per heavy atom. The lowest BCUT2D eigenvalue weighted by molar-refractivity contribution is -0.143. The number of carboxylic acid groups (broad SMARTS) is 1. The first-order chi connectivity index (χ1) is 26.7. The minimum Gasteiger partial charge on any atom is -0.481 e. The van der Waals surface area contributed by atoms with E-state index in [4.69, 9.17) is 16.9 Å². The first-order valence-corrected chi connectivity index (χ1v) is 20.4. The molecule has 0 aliphatic carbocycles. The second-order valence-electron chi connectivity index (χ2n) is 13.2. The molecule has 13 N–H and O–H groups in total. The molecule has 56 heavy (non-hydrogen) atoms. The fourth-order valence-electron chi connectivity index (χ4n) is 6.25. The lowest BCUT2D eigenvalue weighted by Crippen LogP contribution is -2.59. The van der Waals surface area contributed by atoms with E-state index in [9.17, 15) is 43.5 Å². The highest BCUT2D eigenvalue weighted by atomic mass is 33.1. The number of carbonyl (C=O) groups is 8. The summed E-state index contributed by atoms with van der Waals surface area (Å²) in [6, 6.07) is 0.998. The number of nitrogens with one attached hydrogen (secondary N) is 8. The average Bonchev–Trinajstić information content (AvgIpc) is 3.81. The molecule has 2 aromatic rings. The number of primary amides is 1. The summed E-state index contributed by atoms with van der Waals surface area (Å²) in [6.45, 7) is -0.321. The highest BCUT2D eigenvalue weighted by Crippen LogP contribution is 2.25. The van der Waals surface area contributed by atoms with E-state index in [0.29, 0.717) is 18.4 Å². The van der Waals surface area contributed by atoms with Crippen molar-refractivity contribution in [2.75, 3.05) is 31.1 Å². The number of nitrogens with zero attached hydrogens (tertiary/aromatic N) is 1. The van der Waals surface area contributed by atoms with Crippen LogP contribution in [0.4, 0.5) is 0 Å². The van der Waals surface area contributed by atoms with Gasteiger partial charge in [-0.05, 0) is 37.3 Å². The molecule has 1 aromatic carbocycles. The van der Waals surface area contributed by atoms with E-state index < -0.39 is 90.5 Å². The fraction of sp³-hybridized carbons (Fsp3) is 0.500. The van der Waals surface area contributed by atoms with Gasteiger partial charge < -0.3 is 58.4 Å². The number of amides is 7. The third-order valence-electron chi connectivity index (χ3n) is 9.03. The molecular formula is C34H47N11O9S2. The van der Waals surface area contributed by atoms with E-state index in [0.717, 1.165) is 10.9 Å². The van der Waals surface area contributed by atoms with Gasteiger partial charge in [0.2, 0.25) is 41.4 Å². The Labute approximate surface area is 329 Å². The molecule has 0 radical (unpaired) electrons. The van der Waals surface area contributed by atoms with Gasteiger partial charge in [0.05, 0.1) is 13.0 Å². The smallest absolute Gasteiger partial charge is 0.305 e. The van der Waals surface area contributed by atoms with Crippen molar-refractivity contribution in [1.82, 2.24) is 41.8 Å². The summed E-state index contributed by atoms with van der Waals surface area (Å²) in [5.41, 5.74) is 12.3. The zero-order valence-corrected chi connectivity index (χ0v) is 32.0. The number of carbonyl (C=O) groups excluding carboxylic acids is 7. The van der Waals surface area contributed by atoms with Crippen LogP contribution in [0.5, 0.6) is 0 Å². The third-order valence-corrected chi connectivity index (χ3v) is 11.4. The molecule has 0 bridgehead atoms. The number of aromatic amines is 1. The van der Waals surface area contributed by atoms with Crippen LogP contribution in [0, 0.1) is 5.41 Å². The number of H-pyrrole nitrogens is 1. The van der Waals surface area contributed by atoms with Crippen molar-refractivity contribution in [2.24, 2.45) is 11.5 Å². The second kappa shape index (κ2) is 21.0. The maximum absolute atomic E-state index is 14.3. The first-order valence-electron chi connectivity index (χ1n) is 17.9. The van der Waals surface area contributed by atoms with E-state index in [-0.39, 0.29) is 56.2 Å². The van der Waals surface area contributed by atoms with Crippen LogP contribution in [0.25, 0.3) is 10.9 Å². The largest absolute Gasteiger partial charge is 0.481 e. The normalized spacial score (nSPS) is 23.9. The standard InChI is InChI=1S/C34H47N11O9S2/c35-29(50)24-17-56-55-12-9-26(46)41-21(7-3-10-38-34(36)37)30(51)40-16-27(47)42-22(14-28(48)49)31(52)43-23(13-18-15-39-20-6-2-1-5-19(18)20)33(54)45-11-4-8-25(45)32(53)44-24/h1-2,5-6,15,21-25,39H,3-4,7-14,16-17H2,(H2,35,50)(H,40,51)(H,41,46)(H,42,47)(H,43,52)(H,44,53)(H,48,49)(H4,36,37,38)/t21-,22-,23+,24-,25-/m0/s1. The molecule has 0 saturated carbocycles. The van der Waals surface area contributed by atoms with E-state index in [1.54, 1.807) is 12.3 Å². The Hall–Kier alpha value is -5.51. The molecule has 3 heterocycles. The van der Waals surface area contributed by atoms with Crippen LogP contribution in [0.3, 0.4) is 0 Å². The fourth-order valence-corrected chi connectivity index (χ4v) is 8.42. The summed E-state index contributed by atoms with van der Waals surface area (Å²) in [4.78, 5) is 109. The van der Waals surface area contributed by atoms with E-state index in [1.807, 2.05) is 18.2 Å². The molecule has 7 amide bonds. The molecule has 304 valence electrons. The molecular weight excluding hydrogens is 771 g/mol. The summed E-state index contributed by atoms with van der Waals surface area (Å²) in [7, 11) is 2.43. The van der Waals surface area contributed by atoms with Crippen LogP contribution < -0.4 is 43.4 Å². The van der Waals surface area contributed by atoms with Crippen molar-refractivity contribution >= 4 is 85.8 Å². The van der Waals surface area contributed by atoms with Crippen LogP contribution in [-0.2, 0) is 44.8 Å². The van der Waals surface area contributed by atoms with Crippen LogP contribution >= 0.6 is 21.6 Å². The van der Waals surface area contributed by atoms with Crippen molar-refractivity contribution in [3.63, 3.8) is 0 Å². The molecule has 0 spiro atoms. The number of hydrogen-bond acceptors (Lipinski definition) is 11. The van der Waals surface area contributed by atoms with Crippen molar-refractivity contribution in [1.29, 1.82) is 5.41 Å². The van der Waals surface area contributed by atoms with Crippen molar-refractivity contribution < 1.29 is 43.5 Å². The van der Waals surface area contributed by atoms with E-state index in [2.05, 4.69) is 36.9 Å². The first kappa shape index (κ1) is 43.2. The number of fused-ring (bicyclic) bond motifs is 2. The van der Waals surface area contributed by atoms with Crippen LogP contribution in [0.15, 0.2) is 30.5 Å². The maximum Gasteiger partial charge on any atom is 0.305 e. The lowest BCUT2D eigenvalue weighted by atomic mass is 10.0. The zero-order chi connectivity index (χ0) is 40.8. The van der Waals surface area contributed by atoms with Gasteiger partial charge in [-0.3, -0.25) is 43.8 Å². The maximum atomic E-state index is 14.3. The van der Waals surface area contributed by atoms with E-state index >= 15 is 0 Å². The van der Waals surface area contributed by atoms with Gasteiger partial charge in [-0.1, -0.05) is 39.8 Å². The number of hydrogen-bond donors (Lipinski definition) is 11. The SMILES string of the molecule is N=C(N)NCCC[C@@H]1NC(=O)CCSSC[C@@H](C(N)=O)NC(=O)[C@@H]2CCCN2C(=O)[C@@H](Cc2c[nH]c3ccccc23)NC(=O)[C@H](CC(=O)O)NC(=O)CNC1=O. The van der Waals surface area contributed by atoms with Gasteiger partial charge in [-0.15, -0.1) is 0 Å². The minimum absolute atomic E-state index is 0.0356. The predicted octanol–water partition coefficient (Wildman–Crippen LogP) is -2.23. The molecule has 5 atom stereocenters. The Morgan fingerprint density at radius 2 is 1.68 bits per heavy atom. The Bertz CT molecular complexity index is 1810. The number of guanidine groups is 1. The minimum atomic E-state index is -1.69. The number of carboxylic acids is 1. The van der Waals surface area contributed by atoms with Gasteiger partial charge in [-0.2, -0.15) is 0 Å². The summed E-state index contributed by atoms with van der Waals surface area (Å²) < 4.78 is 0. The molecule has 2 aliphatic heterocycles. The highest BCUT2D eigenvalue weighted by Gasteiger charge is 2.40. The molecule has 0 unspecified atom stereocenters. The quantitative estimate of drug-likeness (QED) is 0.0553. The van der Waals surface area contributed by atoms with Crippen LogP contribution in [-0.4, -0.2) is 130 Å². The summed E-state index contributed by atoms with van der Waals surface area (Å²) in [5.74, 6) is -6.65. The lowest BCUT2D eigenvalue weighted by Gasteiger charge is -2.30. The van der Waals surface area contributed by atoms with Gasteiger partial charge in [0.25, 0.3) is 0 Å². The van der Waals surface area contributed by atoms with Crippen molar-refractivity contribution in [2.45, 2.75) is 75.2 Å². The number of aliphatic carboxylic acids is 1. The number of para-hydroxylation sites is 1.